The minimum absolute atomic E-state index is 0.184. The molecule has 5 rings (SSSR count). The number of nitrogens with zero attached hydrogens (tertiary/aromatic N) is 5. The molecule has 1 amide bonds. The standard InChI is InChI=1S/C28H31N7O3/c1-28(2,3)22-17-24(34(4)33-22)32-26(37)25(36)20-9-10-21(19-8-6-5-7-18(19)20)30-23-11-12-29-27(31-23)35-13-15-38-16-14-35/h5-12,17H,13-16H2,1-4H3,(H,32,37)(H,29,30,31). The fourth-order valence-electron chi connectivity index (χ4n) is 4.32. The average Bonchev–Trinajstić information content (AvgIpc) is 3.29. The number of anilines is 4. The second-order valence-corrected chi connectivity index (χ2v) is 10.2. The normalized spacial score (nSPS) is 13.9. The van der Waals surface area contributed by atoms with Gasteiger partial charge in [-0.3, -0.25) is 14.3 Å². The molecule has 196 valence electrons. The van der Waals surface area contributed by atoms with Gasteiger partial charge in [0.05, 0.1) is 18.9 Å². The number of nitrogens with one attached hydrogen (secondary N) is 2. The Kier molecular flexibility index (Phi) is 6.81. The first-order valence-corrected chi connectivity index (χ1v) is 12.6. The van der Waals surface area contributed by atoms with Gasteiger partial charge in [0.2, 0.25) is 5.95 Å². The van der Waals surface area contributed by atoms with E-state index in [0.717, 1.165) is 29.9 Å². The van der Waals surface area contributed by atoms with Gasteiger partial charge in [0.15, 0.2) is 0 Å². The molecule has 1 fully saturated rings. The summed E-state index contributed by atoms with van der Waals surface area (Å²) in [5.41, 5.74) is 1.73. The number of rotatable bonds is 6. The van der Waals surface area contributed by atoms with Gasteiger partial charge in [0.1, 0.15) is 11.6 Å². The molecule has 4 aromatic rings. The molecule has 1 aliphatic rings. The van der Waals surface area contributed by atoms with Gasteiger partial charge >= 0.3 is 0 Å². The Bertz CT molecular complexity index is 1500. The Morgan fingerprint density at radius 1 is 1.00 bits per heavy atom. The monoisotopic (exact) mass is 513 g/mol. The number of ketones is 1. The van der Waals surface area contributed by atoms with Crippen molar-refractivity contribution < 1.29 is 14.3 Å². The number of fused-ring (bicyclic) bond motifs is 1. The Morgan fingerprint density at radius 2 is 1.74 bits per heavy atom. The van der Waals surface area contributed by atoms with Crippen molar-refractivity contribution in [1.82, 2.24) is 19.7 Å². The number of hydrogen-bond acceptors (Lipinski definition) is 8. The number of Topliss-reactive ketones (excluding diaryl/α,β-unsaturated/α-hetero) is 1. The molecule has 0 saturated carbocycles. The summed E-state index contributed by atoms with van der Waals surface area (Å²) in [5.74, 6) is 0.397. The summed E-state index contributed by atoms with van der Waals surface area (Å²) < 4.78 is 7.00. The van der Waals surface area contributed by atoms with Crippen molar-refractivity contribution in [2.45, 2.75) is 26.2 Å². The number of hydrogen-bond donors (Lipinski definition) is 2. The third-order valence-corrected chi connectivity index (χ3v) is 6.46. The summed E-state index contributed by atoms with van der Waals surface area (Å²) in [6.45, 7) is 8.89. The van der Waals surface area contributed by atoms with Crippen LogP contribution in [-0.2, 0) is 22.0 Å². The van der Waals surface area contributed by atoms with Crippen molar-refractivity contribution in [2.24, 2.45) is 7.05 Å². The average molecular weight is 514 g/mol. The lowest BCUT2D eigenvalue weighted by molar-refractivity contribution is -0.112. The van der Waals surface area contributed by atoms with Crippen LogP contribution in [0.5, 0.6) is 0 Å². The largest absolute Gasteiger partial charge is 0.378 e. The molecule has 2 N–H and O–H groups in total. The molecule has 2 aromatic carbocycles. The predicted octanol–water partition coefficient (Wildman–Crippen LogP) is 4.06. The first-order valence-electron chi connectivity index (χ1n) is 12.6. The summed E-state index contributed by atoms with van der Waals surface area (Å²) in [7, 11) is 1.74. The number of aromatic nitrogens is 4. The summed E-state index contributed by atoms with van der Waals surface area (Å²) in [6.07, 6.45) is 1.72. The van der Waals surface area contributed by atoms with E-state index in [9.17, 15) is 9.59 Å². The zero-order valence-corrected chi connectivity index (χ0v) is 22.0. The van der Waals surface area contributed by atoms with Crippen LogP contribution >= 0.6 is 0 Å². The highest BCUT2D eigenvalue weighted by Gasteiger charge is 2.24. The molecular weight excluding hydrogens is 482 g/mol. The maximum absolute atomic E-state index is 13.3. The number of aryl methyl sites for hydroxylation is 1. The van der Waals surface area contributed by atoms with Crippen LogP contribution in [0.1, 0.15) is 36.8 Å². The number of ether oxygens (including phenoxy) is 1. The van der Waals surface area contributed by atoms with Crippen LogP contribution < -0.4 is 15.5 Å². The molecule has 0 bridgehead atoms. The molecule has 10 nitrogen and oxygen atoms in total. The fourth-order valence-corrected chi connectivity index (χ4v) is 4.32. The molecular formula is C28H31N7O3. The molecule has 0 atom stereocenters. The van der Waals surface area contributed by atoms with Gasteiger partial charge in [-0.2, -0.15) is 10.1 Å². The van der Waals surface area contributed by atoms with Gasteiger partial charge in [-0.1, -0.05) is 45.0 Å². The topological polar surface area (TPSA) is 114 Å². The van der Waals surface area contributed by atoms with E-state index in [1.165, 1.54) is 0 Å². The molecule has 0 spiro atoms. The molecule has 2 aromatic heterocycles. The number of amides is 1. The lowest BCUT2D eigenvalue weighted by atomic mass is 9.92. The molecule has 0 aliphatic carbocycles. The van der Waals surface area contributed by atoms with Crippen molar-refractivity contribution in [1.29, 1.82) is 0 Å². The second-order valence-electron chi connectivity index (χ2n) is 10.2. The third-order valence-electron chi connectivity index (χ3n) is 6.46. The molecule has 38 heavy (non-hydrogen) atoms. The lowest BCUT2D eigenvalue weighted by Gasteiger charge is -2.26. The number of carbonyl (C=O) groups excluding carboxylic acids is 2. The highest BCUT2D eigenvalue weighted by Crippen LogP contribution is 2.30. The van der Waals surface area contributed by atoms with E-state index in [0.29, 0.717) is 41.7 Å². The molecule has 0 radical (unpaired) electrons. The van der Waals surface area contributed by atoms with Crippen LogP contribution in [0.25, 0.3) is 10.8 Å². The van der Waals surface area contributed by atoms with E-state index in [1.807, 2.05) is 45.0 Å². The van der Waals surface area contributed by atoms with E-state index < -0.39 is 11.7 Å². The van der Waals surface area contributed by atoms with Crippen LogP contribution in [0.2, 0.25) is 0 Å². The molecule has 3 heterocycles. The van der Waals surface area contributed by atoms with Crippen molar-refractivity contribution in [3.8, 4) is 0 Å². The van der Waals surface area contributed by atoms with Gasteiger partial charge in [-0.15, -0.1) is 0 Å². The number of morpholine rings is 1. The van der Waals surface area contributed by atoms with E-state index in [2.05, 4.69) is 30.6 Å². The van der Waals surface area contributed by atoms with Gasteiger partial charge in [0.25, 0.3) is 11.7 Å². The Morgan fingerprint density at radius 3 is 2.45 bits per heavy atom. The third kappa shape index (κ3) is 5.21. The smallest absolute Gasteiger partial charge is 0.297 e. The zero-order chi connectivity index (χ0) is 26.9. The highest BCUT2D eigenvalue weighted by atomic mass is 16.5. The van der Waals surface area contributed by atoms with Crippen molar-refractivity contribution in [3.63, 3.8) is 0 Å². The van der Waals surface area contributed by atoms with Crippen LogP contribution in [0.3, 0.4) is 0 Å². The van der Waals surface area contributed by atoms with Crippen molar-refractivity contribution in [2.75, 3.05) is 41.8 Å². The van der Waals surface area contributed by atoms with Crippen LogP contribution in [0.15, 0.2) is 54.7 Å². The predicted molar refractivity (Wildman–Crippen MR) is 147 cm³/mol. The summed E-state index contributed by atoms with van der Waals surface area (Å²) in [5, 5.41) is 12.0. The SMILES string of the molecule is Cn1nc(C(C)(C)C)cc1NC(=O)C(=O)c1ccc(Nc2ccnc(N3CCOCC3)n2)c2ccccc12. The quantitative estimate of drug-likeness (QED) is 0.293. The molecule has 1 saturated heterocycles. The maximum atomic E-state index is 13.3. The number of benzene rings is 2. The fraction of sp³-hybridized carbons (Fsp3) is 0.321. The van der Waals surface area contributed by atoms with Gasteiger partial charge in [-0.25, -0.2) is 4.98 Å². The first kappa shape index (κ1) is 25.3. The first-order chi connectivity index (χ1) is 18.2. The Balaban J connectivity index is 1.40. The Hall–Kier alpha value is -4.31. The van der Waals surface area contributed by atoms with Crippen molar-refractivity contribution in [3.05, 3.63) is 66.0 Å². The van der Waals surface area contributed by atoms with Crippen LogP contribution in [0, 0.1) is 0 Å². The Labute approximate surface area is 221 Å². The summed E-state index contributed by atoms with van der Waals surface area (Å²) >= 11 is 0. The van der Waals surface area contributed by atoms with Gasteiger partial charge < -0.3 is 20.3 Å². The van der Waals surface area contributed by atoms with E-state index in [4.69, 9.17) is 4.74 Å². The second kappa shape index (κ2) is 10.2. The van der Waals surface area contributed by atoms with Gasteiger partial charge in [0, 0.05) is 54.5 Å². The summed E-state index contributed by atoms with van der Waals surface area (Å²) in [4.78, 5) is 37.4. The highest BCUT2D eigenvalue weighted by molar-refractivity contribution is 6.48. The summed E-state index contributed by atoms with van der Waals surface area (Å²) in [6, 6.07) is 14.5. The minimum atomic E-state index is -0.717. The van der Waals surface area contributed by atoms with Crippen LogP contribution in [-0.4, -0.2) is 57.7 Å². The molecule has 1 aliphatic heterocycles. The minimum Gasteiger partial charge on any atom is -0.378 e. The van der Waals surface area contributed by atoms with Crippen molar-refractivity contribution >= 4 is 45.7 Å². The molecule has 0 unspecified atom stereocenters. The lowest BCUT2D eigenvalue weighted by Crippen LogP contribution is -2.37. The zero-order valence-electron chi connectivity index (χ0n) is 22.0. The van der Waals surface area contributed by atoms with Crippen LogP contribution in [0.4, 0.5) is 23.3 Å². The van der Waals surface area contributed by atoms with E-state index in [1.54, 1.807) is 42.2 Å². The number of carbonyl (C=O) groups is 2. The van der Waals surface area contributed by atoms with E-state index in [-0.39, 0.29) is 5.41 Å². The maximum Gasteiger partial charge on any atom is 0.297 e. The molecule has 10 heteroatoms. The van der Waals surface area contributed by atoms with Gasteiger partial charge in [-0.05, 0) is 23.6 Å². The van der Waals surface area contributed by atoms with E-state index >= 15 is 0 Å².